The molecule has 2 aromatic heterocycles. The standard InChI is InChI=1S/C24H28N4O3.C20H22N4O3.C4H6O/c29-13-16-9-18(14-30)22-21(10-16)26-23(27-24(22)31)17-3-5-20(6-4-17)28-8-7-19(12-28)25-11-15-1-2-15;21-15-5-6-24(9-15)16-3-1-13(2-4-16)19-22-17-8-12(10-25)7-14(11-26)18(17)20(27)23-19;5-3-4-1-2-4/h3-6,9-10,15,19,25,29-30H,1-2,7-8,11-14H2,(H,26,27,31);1-4,7-8,15,25-26H,5-6,9-11,21H2,(H,22,23,27);3-4H,1-2H2. The number of nitrogens with two attached hydrogens (primary N) is 1. The summed E-state index contributed by atoms with van der Waals surface area (Å²) in [5.41, 5.74) is 12.3. The average Bonchev–Trinajstić information content (AvgIpc) is 4.25. The molecule has 4 aliphatic rings. The molecule has 15 heteroatoms. The van der Waals surface area contributed by atoms with E-state index in [4.69, 9.17) is 5.73 Å². The van der Waals surface area contributed by atoms with Crippen LogP contribution in [0.5, 0.6) is 0 Å². The fraction of sp³-hybridized carbons (Fsp3) is 0.396. The number of aliphatic hydroxyl groups excluding tert-OH is 4. The molecule has 0 amide bonds. The number of rotatable bonds is 12. The van der Waals surface area contributed by atoms with Crippen molar-refractivity contribution >= 4 is 39.5 Å². The van der Waals surface area contributed by atoms with Gasteiger partial charge in [0.1, 0.15) is 17.9 Å². The zero-order valence-electron chi connectivity index (χ0n) is 35.3. The molecule has 9 N–H and O–H groups in total. The van der Waals surface area contributed by atoms with Crippen LogP contribution in [0.25, 0.3) is 44.6 Å². The second-order valence-electron chi connectivity index (χ2n) is 17.1. The van der Waals surface area contributed by atoms with Crippen molar-refractivity contribution in [1.29, 1.82) is 0 Å². The Morgan fingerprint density at radius 3 is 1.54 bits per heavy atom. The molecule has 4 fully saturated rings. The van der Waals surface area contributed by atoms with Crippen molar-refractivity contribution in [2.75, 3.05) is 42.5 Å². The third-order valence-corrected chi connectivity index (χ3v) is 12.2. The highest BCUT2D eigenvalue weighted by Gasteiger charge is 2.27. The Labute approximate surface area is 364 Å². The third kappa shape index (κ3) is 10.5. The van der Waals surface area contributed by atoms with E-state index in [2.05, 4.69) is 47.2 Å². The Balaban J connectivity index is 0.000000157. The van der Waals surface area contributed by atoms with Crippen LogP contribution >= 0.6 is 0 Å². The van der Waals surface area contributed by atoms with Crippen molar-refractivity contribution in [2.24, 2.45) is 17.6 Å². The molecule has 2 saturated carbocycles. The Kier molecular flexibility index (Phi) is 13.7. The molecule has 2 atom stereocenters. The Bertz CT molecular complexity index is 2660. The van der Waals surface area contributed by atoms with Gasteiger partial charge in [-0.15, -0.1) is 0 Å². The summed E-state index contributed by atoms with van der Waals surface area (Å²) >= 11 is 0. The van der Waals surface area contributed by atoms with Gasteiger partial charge in [0.25, 0.3) is 11.1 Å². The molecule has 2 saturated heterocycles. The molecule has 6 aromatic rings. The van der Waals surface area contributed by atoms with Gasteiger partial charge < -0.3 is 56.0 Å². The number of hydrogen-bond acceptors (Lipinski definition) is 13. The molecule has 0 radical (unpaired) electrons. The van der Waals surface area contributed by atoms with Crippen LogP contribution in [0.15, 0.2) is 82.4 Å². The molecule has 330 valence electrons. The SMILES string of the molecule is NC1CCN(c2ccc(-c3nc4cc(CO)cc(CO)c4c(=O)[nH]3)cc2)C1.O=CC1CC1.O=c1[nH]c(-c2ccc(N3CCC(NCC4CC4)C3)cc2)nc2cc(CO)cc(CO)c12. The number of carbonyl (C=O) groups is 1. The van der Waals surface area contributed by atoms with E-state index < -0.39 is 0 Å². The van der Waals surface area contributed by atoms with Crippen LogP contribution in [0, 0.1) is 11.8 Å². The van der Waals surface area contributed by atoms with Crippen LogP contribution in [0.4, 0.5) is 11.4 Å². The number of aliphatic hydroxyl groups is 4. The number of H-pyrrole nitrogens is 2. The molecular formula is C48H56N8O7. The molecule has 2 aliphatic carbocycles. The van der Waals surface area contributed by atoms with E-state index in [1.807, 2.05) is 36.4 Å². The first kappa shape index (κ1) is 43.8. The number of hydrogen-bond donors (Lipinski definition) is 8. The van der Waals surface area contributed by atoms with E-state index in [-0.39, 0.29) is 43.6 Å². The minimum Gasteiger partial charge on any atom is -0.392 e. The van der Waals surface area contributed by atoms with Crippen molar-refractivity contribution in [3.8, 4) is 22.8 Å². The quantitative estimate of drug-likeness (QED) is 0.0819. The molecule has 0 bridgehead atoms. The Hall–Kier alpha value is -5.81. The fourth-order valence-electron chi connectivity index (χ4n) is 8.27. The summed E-state index contributed by atoms with van der Waals surface area (Å²) in [4.78, 5) is 54.3. The molecule has 2 unspecified atom stereocenters. The molecule has 4 aromatic carbocycles. The van der Waals surface area contributed by atoms with E-state index in [1.165, 1.54) is 18.5 Å². The van der Waals surface area contributed by atoms with Gasteiger partial charge in [-0.25, -0.2) is 9.97 Å². The summed E-state index contributed by atoms with van der Waals surface area (Å²) in [5, 5.41) is 42.5. The average molecular weight is 857 g/mol. The fourth-order valence-corrected chi connectivity index (χ4v) is 8.27. The Morgan fingerprint density at radius 1 is 0.651 bits per heavy atom. The smallest absolute Gasteiger partial charge is 0.259 e. The number of aldehydes is 1. The predicted octanol–water partition coefficient (Wildman–Crippen LogP) is 3.86. The predicted molar refractivity (Wildman–Crippen MR) is 244 cm³/mol. The van der Waals surface area contributed by atoms with E-state index in [0.29, 0.717) is 67.7 Å². The number of nitrogens with zero attached hydrogens (tertiary/aromatic N) is 4. The highest BCUT2D eigenvalue weighted by atomic mass is 16.3. The first-order valence-electron chi connectivity index (χ1n) is 21.9. The van der Waals surface area contributed by atoms with Crippen molar-refractivity contribution < 1.29 is 25.2 Å². The van der Waals surface area contributed by atoms with Crippen LogP contribution in [0.3, 0.4) is 0 Å². The maximum Gasteiger partial charge on any atom is 0.259 e. The summed E-state index contributed by atoms with van der Waals surface area (Å²) in [6, 6.07) is 23.3. The van der Waals surface area contributed by atoms with Gasteiger partial charge in [0.15, 0.2) is 0 Å². The molecule has 0 spiro atoms. The van der Waals surface area contributed by atoms with Gasteiger partial charge in [-0.1, -0.05) is 12.1 Å². The highest BCUT2D eigenvalue weighted by Crippen LogP contribution is 2.30. The largest absolute Gasteiger partial charge is 0.392 e. The maximum absolute atomic E-state index is 12.7. The summed E-state index contributed by atoms with van der Waals surface area (Å²) < 4.78 is 0. The number of carbonyl (C=O) groups excluding carboxylic acids is 1. The molecule has 10 rings (SSSR count). The van der Waals surface area contributed by atoms with Gasteiger partial charge in [-0.05, 0) is 134 Å². The zero-order chi connectivity index (χ0) is 44.0. The number of benzene rings is 4. The minimum atomic E-state index is -0.307. The first-order valence-corrected chi connectivity index (χ1v) is 21.9. The lowest BCUT2D eigenvalue weighted by Crippen LogP contribution is -2.33. The number of nitrogens with one attached hydrogen (secondary N) is 3. The summed E-state index contributed by atoms with van der Waals surface area (Å²) in [5.74, 6) is 2.28. The van der Waals surface area contributed by atoms with Crippen LogP contribution in [-0.4, -0.2) is 91.5 Å². The molecular weight excluding hydrogens is 801 g/mol. The van der Waals surface area contributed by atoms with Crippen LogP contribution in [-0.2, 0) is 31.2 Å². The number of aromatic amines is 2. The van der Waals surface area contributed by atoms with E-state index >= 15 is 0 Å². The van der Waals surface area contributed by atoms with Crippen LogP contribution in [0.2, 0.25) is 0 Å². The molecule has 63 heavy (non-hydrogen) atoms. The van der Waals surface area contributed by atoms with Crippen LogP contribution < -0.4 is 32.0 Å². The molecule has 2 aliphatic heterocycles. The van der Waals surface area contributed by atoms with Crippen LogP contribution in [0.1, 0.15) is 60.8 Å². The summed E-state index contributed by atoms with van der Waals surface area (Å²) in [6.07, 6.45) is 8.21. The van der Waals surface area contributed by atoms with E-state index in [0.717, 1.165) is 87.4 Å². The number of aromatic nitrogens is 4. The highest BCUT2D eigenvalue weighted by molar-refractivity contribution is 5.85. The second kappa shape index (κ2) is 19.7. The summed E-state index contributed by atoms with van der Waals surface area (Å²) in [7, 11) is 0. The van der Waals surface area contributed by atoms with Gasteiger partial charge in [-0.2, -0.15) is 0 Å². The number of anilines is 2. The first-order chi connectivity index (χ1) is 30.7. The van der Waals surface area contributed by atoms with E-state index in [1.54, 1.807) is 24.3 Å². The van der Waals surface area contributed by atoms with E-state index in [9.17, 15) is 34.8 Å². The maximum atomic E-state index is 12.7. The van der Waals surface area contributed by atoms with Gasteiger partial charge in [-0.3, -0.25) is 9.59 Å². The number of fused-ring (bicyclic) bond motifs is 2. The summed E-state index contributed by atoms with van der Waals surface area (Å²) in [6.45, 7) is 4.07. The topological polar surface area (TPSA) is 234 Å². The zero-order valence-corrected chi connectivity index (χ0v) is 35.3. The van der Waals surface area contributed by atoms with Crippen molar-refractivity contribution in [1.82, 2.24) is 25.3 Å². The molecule has 15 nitrogen and oxygen atoms in total. The molecule has 4 heterocycles. The van der Waals surface area contributed by atoms with Gasteiger partial charge in [0.2, 0.25) is 0 Å². The third-order valence-electron chi connectivity index (χ3n) is 12.2. The van der Waals surface area contributed by atoms with Gasteiger partial charge in [0.05, 0.1) is 48.2 Å². The monoisotopic (exact) mass is 856 g/mol. The van der Waals surface area contributed by atoms with Gasteiger partial charge >= 0.3 is 0 Å². The lowest BCUT2D eigenvalue weighted by atomic mass is 10.1. The van der Waals surface area contributed by atoms with Crippen molar-refractivity contribution in [3.05, 3.63) is 116 Å². The second-order valence-corrected chi connectivity index (χ2v) is 17.1. The van der Waals surface area contributed by atoms with Gasteiger partial charge in [0, 0.05) is 66.7 Å². The lowest BCUT2D eigenvalue weighted by molar-refractivity contribution is -0.108. The Morgan fingerprint density at radius 2 is 1.14 bits per heavy atom. The lowest BCUT2D eigenvalue weighted by Gasteiger charge is -2.19. The normalized spacial score (nSPS) is 18.3. The van der Waals surface area contributed by atoms with Crippen molar-refractivity contribution in [3.63, 3.8) is 0 Å². The van der Waals surface area contributed by atoms with Crippen molar-refractivity contribution in [2.45, 2.75) is 77.0 Å². The minimum absolute atomic E-state index is 0.173.